The van der Waals surface area contributed by atoms with E-state index in [0.717, 1.165) is 10.9 Å². The van der Waals surface area contributed by atoms with Crippen molar-refractivity contribution in [3.05, 3.63) is 29.2 Å². The monoisotopic (exact) mass is 307 g/mol. The van der Waals surface area contributed by atoms with Gasteiger partial charge in [-0.3, -0.25) is 0 Å². The quantitative estimate of drug-likeness (QED) is 0.692. The zero-order valence-corrected chi connectivity index (χ0v) is 13.0. The van der Waals surface area contributed by atoms with E-state index in [2.05, 4.69) is 15.5 Å². The highest BCUT2D eigenvalue weighted by Crippen LogP contribution is 2.35. The van der Waals surface area contributed by atoms with Gasteiger partial charge < -0.3 is 4.57 Å². The Kier molecular flexibility index (Phi) is 3.02. The third-order valence-corrected chi connectivity index (χ3v) is 3.66. The minimum atomic E-state index is -0.508. The minimum Gasteiger partial charge on any atom is -0.350 e. The Morgan fingerprint density at radius 3 is 2.67 bits per heavy atom. The summed E-state index contributed by atoms with van der Waals surface area (Å²) in [6.07, 6.45) is 1.86. The molecule has 0 spiro atoms. The SMILES string of the molecule is Cn1ccc2cc(Cl)c(F)c(-c3nnnn3C(C)(C)C)c21. The van der Waals surface area contributed by atoms with E-state index in [1.54, 1.807) is 10.7 Å². The molecular formula is C14H15ClFN5. The smallest absolute Gasteiger partial charge is 0.187 e. The molecule has 0 aliphatic rings. The molecule has 0 saturated heterocycles. The summed E-state index contributed by atoms with van der Waals surface area (Å²) in [6, 6.07) is 3.50. The van der Waals surface area contributed by atoms with E-state index in [0.29, 0.717) is 11.4 Å². The van der Waals surface area contributed by atoms with Crippen molar-refractivity contribution in [2.75, 3.05) is 0 Å². The van der Waals surface area contributed by atoms with Crippen LogP contribution < -0.4 is 0 Å². The largest absolute Gasteiger partial charge is 0.350 e. The van der Waals surface area contributed by atoms with Gasteiger partial charge in [0.1, 0.15) is 0 Å². The average molecular weight is 308 g/mol. The summed E-state index contributed by atoms with van der Waals surface area (Å²) < 4.78 is 18.1. The Bertz CT molecular complexity index is 828. The van der Waals surface area contributed by atoms with Crippen molar-refractivity contribution in [2.45, 2.75) is 26.3 Å². The minimum absolute atomic E-state index is 0.0622. The maximum absolute atomic E-state index is 14.7. The third kappa shape index (κ3) is 2.10. The topological polar surface area (TPSA) is 48.5 Å². The lowest BCUT2D eigenvalue weighted by Gasteiger charge is -2.20. The van der Waals surface area contributed by atoms with Crippen LogP contribution in [0.4, 0.5) is 4.39 Å². The van der Waals surface area contributed by atoms with E-state index < -0.39 is 5.82 Å². The maximum atomic E-state index is 14.7. The summed E-state index contributed by atoms with van der Waals surface area (Å²) in [5.74, 6) is -0.138. The first kappa shape index (κ1) is 14.0. The average Bonchev–Trinajstić information content (AvgIpc) is 2.99. The lowest BCUT2D eigenvalue weighted by atomic mass is 10.1. The molecule has 0 saturated carbocycles. The van der Waals surface area contributed by atoms with Crippen LogP contribution in [-0.2, 0) is 12.6 Å². The second-order valence-corrected chi connectivity index (χ2v) is 6.40. The molecule has 0 atom stereocenters. The summed E-state index contributed by atoms with van der Waals surface area (Å²) in [6.45, 7) is 5.87. The van der Waals surface area contributed by atoms with Crippen LogP contribution in [-0.4, -0.2) is 24.8 Å². The van der Waals surface area contributed by atoms with Crippen molar-refractivity contribution in [2.24, 2.45) is 7.05 Å². The normalized spacial score (nSPS) is 12.3. The van der Waals surface area contributed by atoms with Gasteiger partial charge in [0.2, 0.25) is 0 Å². The van der Waals surface area contributed by atoms with E-state index in [9.17, 15) is 4.39 Å². The number of hydrogen-bond donors (Lipinski definition) is 0. The summed E-state index contributed by atoms with van der Waals surface area (Å²) >= 11 is 6.02. The van der Waals surface area contributed by atoms with Crippen LogP contribution in [0, 0.1) is 5.82 Å². The lowest BCUT2D eigenvalue weighted by Crippen LogP contribution is -2.24. The highest BCUT2D eigenvalue weighted by Gasteiger charge is 2.26. The van der Waals surface area contributed by atoms with Gasteiger partial charge in [0, 0.05) is 18.6 Å². The van der Waals surface area contributed by atoms with Crippen LogP contribution in [0.15, 0.2) is 18.3 Å². The fraction of sp³-hybridized carbons (Fsp3) is 0.357. The van der Waals surface area contributed by atoms with Crippen LogP contribution in [0.1, 0.15) is 20.8 Å². The van der Waals surface area contributed by atoms with Gasteiger partial charge in [0.25, 0.3) is 0 Å². The first-order valence-corrected chi connectivity index (χ1v) is 6.91. The van der Waals surface area contributed by atoms with Crippen LogP contribution >= 0.6 is 11.6 Å². The molecule has 2 heterocycles. The van der Waals surface area contributed by atoms with E-state index in [-0.39, 0.29) is 10.6 Å². The summed E-state index contributed by atoms with van der Waals surface area (Å²) in [5.41, 5.74) is 0.674. The van der Waals surface area contributed by atoms with Gasteiger partial charge in [-0.1, -0.05) is 11.6 Å². The highest BCUT2D eigenvalue weighted by atomic mass is 35.5. The molecule has 0 fully saturated rings. The second-order valence-electron chi connectivity index (χ2n) is 6.00. The Labute approximate surface area is 126 Å². The van der Waals surface area contributed by atoms with Gasteiger partial charge in [-0.25, -0.2) is 9.07 Å². The summed E-state index contributed by atoms with van der Waals surface area (Å²) in [7, 11) is 1.85. The van der Waals surface area contributed by atoms with E-state index in [1.165, 1.54) is 0 Å². The van der Waals surface area contributed by atoms with Crippen LogP contribution in [0.5, 0.6) is 0 Å². The zero-order valence-electron chi connectivity index (χ0n) is 12.2. The van der Waals surface area contributed by atoms with Crippen molar-refractivity contribution in [1.29, 1.82) is 0 Å². The number of rotatable bonds is 1. The number of aryl methyl sites for hydroxylation is 1. The zero-order chi connectivity index (χ0) is 15.4. The molecule has 1 aromatic carbocycles. The van der Waals surface area contributed by atoms with Crippen molar-refractivity contribution in [3.63, 3.8) is 0 Å². The number of halogens is 2. The number of aromatic nitrogens is 5. The number of nitrogens with zero attached hydrogens (tertiary/aromatic N) is 5. The fourth-order valence-corrected chi connectivity index (χ4v) is 2.62. The van der Waals surface area contributed by atoms with Crippen LogP contribution in [0.25, 0.3) is 22.3 Å². The molecule has 21 heavy (non-hydrogen) atoms. The van der Waals surface area contributed by atoms with E-state index >= 15 is 0 Å². The molecule has 0 aliphatic heterocycles. The highest BCUT2D eigenvalue weighted by molar-refractivity contribution is 6.32. The number of hydrogen-bond acceptors (Lipinski definition) is 3. The number of tetrazole rings is 1. The Morgan fingerprint density at radius 2 is 2.00 bits per heavy atom. The summed E-state index contributed by atoms with van der Waals surface area (Å²) in [4.78, 5) is 0. The molecule has 0 radical (unpaired) electrons. The standard InChI is InChI=1S/C14H15ClFN5/c1-14(2,3)21-13(17-18-19-21)10-11(16)9(15)7-8-5-6-20(4)12(8)10/h5-7H,1-4H3. The molecule has 0 N–H and O–H groups in total. The number of fused-ring (bicyclic) bond motifs is 1. The Hall–Kier alpha value is -1.95. The van der Waals surface area contributed by atoms with Crippen molar-refractivity contribution in [1.82, 2.24) is 24.8 Å². The van der Waals surface area contributed by atoms with Gasteiger partial charge in [-0.05, 0) is 43.3 Å². The Morgan fingerprint density at radius 1 is 1.29 bits per heavy atom. The van der Waals surface area contributed by atoms with E-state index in [4.69, 9.17) is 11.6 Å². The van der Waals surface area contributed by atoms with Crippen molar-refractivity contribution >= 4 is 22.5 Å². The third-order valence-electron chi connectivity index (χ3n) is 3.38. The van der Waals surface area contributed by atoms with Crippen LogP contribution in [0.2, 0.25) is 5.02 Å². The van der Waals surface area contributed by atoms with Gasteiger partial charge >= 0.3 is 0 Å². The van der Waals surface area contributed by atoms with Crippen molar-refractivity contribution in [3.8, 4) is 11.4 Å². The van der Waals surface area contributed by atoms with Gasteiger partial charge in [-0.15, -0.1) is 5.10 Å². The first-order chi connectivity index (χ1) is 9.80. The predicted octanol–water partition coefficient (Wildman–Crippen LogP) is 3.38. The van der Waals surface area contributed by atoms with E-state index in [1.807, 2.05) is 44.6 Å². The van der Waals surface area contributed by atoms with Gasteiger partial charge in [0.05, 0.1) is 21.6 Å². The Balaban J connectivity index is 2.43. The number of benzene rings is 1. The molecule has 110 valence electrons. The molecule has 0 aliphatic carbocycles. The fourth-order valence-electron chi connectivity index (χ4n) is 2.41. The molecule has 2 aromatic heterocycles. The molecule has 3 rings (SSSR count). The lowest BCUT2D eigenvalue weighted by molar-refractivity contribution is 0.350. The van der Waals surface area contributed by atoms with Crippen molar-refractivity contribution < 1.29 is 4.39 Å². The van der Waals surface area contributed by atoms with Crippen LogP contribution in [0.3, 0.4) is 0 Å². The molecule has 3 aromatic rings. The molecule has 0 bridgehead atoms. The second kappa shape index (κ2) is 4.53. The summed E-state index contributed by atoms with van der Waals surface area (Å²) in [5, 5.41) is 12.6. The predicted molar refractivity (Wildman–Crippen MR) is 79.7 cm³/mol. The van der Waals surface area contributed by atoms with Gasteiger partial charge in [-0.2, -0.15) is 0 Å². The molecular weight excluding hydrogens is 293 g/mol. The molecule has 0 unspecified atom stereocenters. The van der Waals surface area contributed by atoms with Gasteiger partial charge in [0.15, 0.2) is 11.6 Å². The molecule has 5 nitrogen and oxygen atoms in total. The molecule has 7 heteroatoms. The maximum Gasteiger partial charge on any atom is 0.187 e. The molecule has 0 amide bonds. The first-order valence-electron chi connectivity index (χ1n) is 6.53.